The highest BCUT2D eigenvalue weighted by Crippen LogP contribution is 2.39. The van der Waals surface area contributed by atoms with Gasteiger partial charge in [0.25, 0.3) is 0 Å². The number of aromatic nitrogens is 2. The van der Waals surface area contributed by atoms with Crippen LogP contribution in [0.25, 0.3) is 0 Å². The summed E-state index contributed by atoms with van der Waals surface area (Å²) in [6, 6.07) is 5.13. The van der Waals surface area contributed by atoms with Gasteiger partial charge in [0.15, 0.2) is 0 Å². The molecule has 1 aromatic heterocycles. The van der Waals surface area contributed by atoms with Crippen LogP contribution in [0.3, 0.4) is 0 Å². The first-order valence-electron chi connectivity index (χ1n) is 7.00. The van der Waals surface area contributed by atoms with E-state index in [4.69, 9.17) is 0 Å². The average molecular weight is 290 g/mol. The monoisotopic (exact) mass is 290 g/mol. The van der Waals surface area contributed by atoms with Crippen LogP contribution in [0.2, 0.25) is 0 Å². The molecule has 0 radical (unpaired) electrons. The number of anilines is 3. The summed E-state index contributed by atoms with van der Waals surface area (Å²) < 4.78 is 26.6. The van der Waals surface area contributed by atoms with E-state index in [2.05, 4.69) is 20.6 Å². The van der Waals surface area contributed by atoms with Crippen molar-refractivity contribution >= 4 is 17.3 Å². The minimum absolute atomic E-state index is 0.194. The third kappa shape index (κ3) is 3.26. The first-order chi connectivity index (χ1) is 10.2. The van der Waals surface area contributed by atoms with E-state index in [9.17, 15) is 8.78 Å². The lowest BCUT2D eigenvalue weighted by Gasteiger charge is -2.11. The van der Waals surface area contributed by atoms with Crippen LogP contribution < -0.4 is 10.6 Å². The van der Waals surface area contributed by atoms with Gasteiger partial charge in [0.2, 0.25) is 0 Å². The Morgan fingerprint density at radius 2 is 1.90 bits per heavy atom. The molecule has 2 N–H and O–H groups in total. The van der Waals surface area contributed by atoms with Crippen LogP contribution in [0.5, 0.6) is 0 Å². The molecule has 0 unspecified atom stereocenters. The Hall–Kier alpha value is -2.24. The van der Waals surface area contributed by atoms with Crippen LogP contribution in [-0.2, 0) is 0 Å². The van der Waals surface area contributed by atoms with Gasteiger partial charge in [-0.05, 0) is 31.9 Å². The van der Waals surface area contributed by atoms with Crippen molar-refractivity contribution in [2.24, 2.45) is 0 Å². The zero-order valence-electron chi connectivity index (χ0n) is 11.7. The predicted octanol–water partition coefficient (Wildman–Crippen LogP) is 3.81. The maximum Gasteiger partial charge on any atom is 0.149 e. The van der Waals surface area contributed by atoms with Gasteiger partial charge in [-0.25, -0.2) is 18.7 Å². The molecule has 0 spiro atoms. The number of halogens is 2. The third-order valence-corrected chi connectivity index (χ3v) is 3.24. The molecule has 3 rings (SSSR count). The molecule has 4 nitrogen and oxygen atoms in total. The Labute approximate surface area is 121 Å². The first kappa shape index (κ1) is 13.7. The van der Waals surface area contributed by atoms with Gasteiger partial charge in [0.1, 0.15) is 29.1 Å². The fourth-order valence-corrected chi connectivity index (χ4v) is 2.05. The number of benzene rings is 1. The molecule has 2 aromatic rings. The summed E-state index contributed by atoms with van der Waals surface area (Å²) in [5, 5.41) is 6.02. The Morgan fingerprint density at radius 1 is 1.14 bits per heavy atom. The van der Waals surface area contributed by atoms with E-state index in [-0.39, 0.29) is 5.69 Å². The zero-order valence-corrected chi connectivity index (χ0v) is 11.7. The summed E-state index contributed by atoms with van der Waals surface area (Å²) in [7, 11) is 0. The van der Waals surface area contributed by atoms with Crippen molar-refractivity contribution in [1.29, 1.82) is 0 Å². The quantitative estimate of drug-likeness (QED) is 0.879. The third-order valence-electron chi connectivity index (χ3n) is 3.24. The van der Waals surface area contributed by atoms with E-state index in [1.54, 1.807) is 6.07 Å². The van der Waals surface area contributed by atoms with Gasteiger partial charge in [0.05, 0.1) is 5.69 Å². The van der Waals surface area contributed by atoms with Crippen molar-refractivity contribution in [2.75, 3.05) is 17.2 Å². The van der Waals surface area contributed by atoms with Gasteiger partial charge in [-0.2, -0.15) is 0 Å². The molecule has 1 fully saturated rings. The van der Waals surface area contributed by atoms with Gasteiger partial charge in [0, 0.05) is 24.6 Å². The van der Waals surface area contributed by atoms with Crippen molar-refractivity contribution in [3.63, 3.8) is 0 Å². The summed E-state index contributed by atoms with van der Waals surface area (Å²) in [4.78, 5) is 8.86. The van der Waals surface area contributed by atoms with E-state index in [1.165, 1.54) is 12.1 Å². The molecular formula is C15H16F2N4. The zero-order chi connectivity index (χ0) is 14.8. The average Bonchev–Trinajstić information content (AvgIpc) is 3.27. The molecule has 1 aromatic carbocycles. The molecule has 0 amide bonds. The smallest absolute Gasteiger partial charge is 0.149 e. The van der Waals surface area contributed by atoms with Crippen LogP contribution >= 0.6 is 0 Å². The summed E-state index contributed by atoms with van der Waals surface area (Å²) >= 11 is 0. The second kappa shape index (κ2) is 5.63. The number of nitrogens with zero attached hydrogens (tertiary/aromatic N) is 2. The summed E-state index contributed by atoms with van der Waals surface area (Å²) in [5.74, 6) is 1.12. The van der Waals surface area contributed by atoms with Gasteiger partial charge < -0.3 is 10.6 Å². The van der Waals surface area contributed by atoms with Crippen LogP contribution in [0, 0.1) is 11.6 Å². The number of hydrogen-bond acceptors (Lipinski definition) is 4. The Bertz CT molecular complexity index is 656. The number of nitrogens with one attached hydrogen (secondary N) is 2. The SMILES string of the molecule is CCNc1cc(Nc2ccc(F)cc2F)nc(C2CC2)n1. The Morgan fingerprint density at radius 3 is 2.57 bits per heavy atom. The molecule has 0 bridgehead atoms. The highest BCUT2D eigenvalue weighted by atomic mass is 19.1. The molecule has 1 aliphatic carbocycles. The lowest BCUT2D eigenvalue weighted by molar-refractivity contribution is 0.586. The fraction of sp³-hybridized carbons (Fsp3) is 0.333. The number of rotatable bonds is 5. The van der Waals surface area contributed by atoms with Crippen molar-refractivity contribution in [3.8, 4) is 0 Å². The molecule has 1 saturated carbocycles. The second-order valence-corrected chi connectivity index (χ2v) is 5.05. The van der Waals surface area contributed by atoms with E-state index < -0.39 is 11.6 Å². The van der Waals surface area contributed by atoms with E-state index in [0.29, 0.717) is 17.6 Å². The van der Waals surface area contributed by atoms with Crippen molar-refractivity contribution < 1.29 is 8.78 Å². The van der Waals surface area contributed by atoms with Crippen LogP contribution in [-0.4, -0.2) is 16.5 Å². The van der Waals surface area contributed by atoms with Crippen LogP contribution in [0.1, 0.15) is 31.5 Å². The molecule has 6 heteroatoms. The lowest BCUT2D eigenvalue weighted by atomic mass is 10.3. The fourth-order valence-electron chi connectivity index (χ4n) is 2.05. The molecule has 21 heavy (non-hydrogen) atoms. The standard InChI is InChI=1S/C15H16F2N4/c1-2-18-13-8-14(21-15(20-13)9-3-4-9)19-12-6-5-10(16)7-11(12)17/h5-9H,2-4H2,1H3,(H2,18,19,20,21). The first-order valence-corrected chi connectivity index (χ1v) is 7.00. The van der Waals surface area contributed by atoms with Gasteiger partial charge in [-0.1, -0.05) is 0 Å². The van der Waals surface area contributed by atoms with E-state index >= 15 is 0 Å². The van der Waals surface area contributed by atoms with Crippen LogP contribution in [0.15, 0.2) is 24.3 Å². The largest absolute Gasteiger partial charge is 0.370 e. The molecule has 0 atom stereocenters. The van der Waals surface area contributed by atoms with E-state index in [1.807, 2.05) is 6.92 Å². The molecule has 1 heterocycles. The minimum atomic E-state index is -0.647. The second-order valence-electron chi connectivity index (χ2n) is 5.05. The Balaban J connectivity index is 1.89. The Kier molecular flexibility index (Phi) is 3.68. The molecule has 0 aliphatic heterocycles. The molecule has 0 saturated heterocycles. The van der Waals surface area contributed by atoms with Gasteiger partial charge in [-0.3, -0.25) is 0 Å². The minimum Gasteiger partial charge on any atom is -0.370 e. The van der Waals surface area contributed by atoms with Crippen molar-refractivity contribution in [2.45, 2.75) is 25.7 Å². The van der Waals surface area contributed by atoms with Crippen LogP contribution in [0.4, 0.5) is 26.1 Å². The highest BCUT2D eigenvalue weighted by molar-refractivity contribution is 5.60. The highest BCUT2D eigenvalue weighted by Gasteiger charge is 2.27. The topological polar surface area (TPSA) is 49.8 Å². The van der Waals surface area contributed by atoms with Crippen molar-refractivity contribution in [1.82, 2.24) is 9.97 Å². The molecular weight excluding hydrogens is 274 g/mol. The number of hydrogen-bond donors (Lipinski definition) is 2. The predicted molar refractivity (Wildman–Crippen MR) is 77.8 cm³/mol. The maximum absolute atomic E-state index is 13.7. The van der Waals surface area contributed by atoms with Crippen molar-refractivity contribution in [3.05, 3.63) is 41.7 Å². The van der Waals surface area contributed by atoms with Gasteiger partial charge >= 0.3 is 0 Å². The summed E-state index contributed by atoms with van der Waals surface area (Å²) in [5.41, 5.74) is 0.194. The lowest BCUT2D eigenvalue weighted by Crippen LogP contribution is -2.06. The van der Waals surface area contributed by atoms with E-state index in [0.717, 1.165) is 31.3 Å². The molecule has 1 aliphatic rings. The normalized spacial score (nSPS) is 14.0. The maximum atomic E-state index is 13.7. The summed E-state index contributed by atoms with van der Waals surface area (Å²) in [6.45, 7) is 2.72. The summed E-state index contributed by atoms with van der Waals surface area (Å²) in [6.07, 6.45) is 2.17. The van der Waals surface area contributed by atoms with Gasteiger partial charge in [-0.15, -0.1) is 0 Å². The molecule has 110 valence electrons.